The van der Waals surface area contributed by atoms with Gasteiger partial charge in [0.1, 0.15) is 11.5 Å². The molecule has 132 valence electrons. The predicted molar refractivity (Wildman–Crippen MR) is 79.5 cm³/mol. The molecule has 1 aliphatic heterocycles. The van der Waals surface area contributed by atoms with Gasteiger partial charge in [-0.3, -0.25) is 4.79 Å². The molecule has 0 aliphatic carbocycles. The molecule has 0 spiro atoms. The minimum Gasteiger partial charge on any atom is -0.356 e. The number of rotatable bonds is 5. The van der Waals surface area contributed by atoms with Crippen LogP contribution in [0.2, 0.25) is 0 Å². The summed E-state index contributed by atoms with van der Waals surface area (Å²) in [5.74, 6) is -0.852. The first kappa shape index (κ1) is 18.4. The van der Waals surface area contributed by atoms with Crippen LogP contribution in [0.15, 0.2) is 17.6 Å². The Morgan fingerprint density at radius 2 is 2.08 bits per heavy atom. The Bertz CT molecular complexity index is 760. The van der Waals surface area contributed by atoms with Crippen molar-refractivity contribution in [3.8, 4) is 0 Å². The van der Waals surface area contributed by atoms with Crippen LogP contribution >= 0.6 is 0 Å². The average molecular weight is 363 g/mol. The van der Waals surface area contributed by atoms with Crippen molar-refractivity contribution in [2.75, 3.05) is 12.3 Å². The number of carbonyl (C=O) groups is 1. The van der Waals surface area contributed by atoms with E-state index in [9.17, 15) is 26.4 Å². The van der Waals surface area contributed by atoms with Crippen LogP contribution < -0.4 is 5.32 Å². The molecular weight excluding hydrogens is 347 g/mol. The van der Waals surface area contributed by atoms with Crippen LogP contribution in [0.1, 0.15) is 23.6 Å². The summed E-state index contributed by atoms with van der Waals surface area (Å²) in [4.78, 5) is 19.1. The van der Waals surface area contributed by atoms with E-state index in [1.807, 2.05) is 0 Å². The fourth-order valence-corrected chi connectivity index (χ4v) is 3.68. The Balaban J connectivity index is 1.85. The minimum absolute atomic E-state index is 0.00837. The first-order valence-electron chi connectivity index (χ1n) is 7.14. The van der Waals surface area contributed by atoms with Gasteiger partial charge in [-0.25, -0.2) is 18.4 Å². The second-order valence-electron chi connectivity index (χ2n) is 5.53. The number of alkyl halides is 3. The molecule has 1 aromatic heterocycles. The summed E-state index contributed by atoms with van der Waals surface area (Å²) in [5, 5.41) is 3.62. The number of aromatic nitrogens is 2. The van der Waals surface area contributed by atoms with Gasteiger partial charge in [0, 0.05) is 36.4 Å². The number of halogens is 3. The largest absolute Gasteiger partial charge is 0.433 e. The maximum absolute atomic E-state index is 12.7. The molecule has 2 rings (SSSR count). The number of hydrogen-bond acceptors (Lipinski definition) is 5. The van der Waals surface area contributed by atoms with Crippen LogP contribution in [-0.2, 0) is 27.2 Å². The van der Waals surface area contributed by atoms with E-state index in [0.717, 1.165) is 11.5 Å². The van der Waals surface area contributed by atoms with Gasteiger partial charge in [-0.2, -0.15) is 13.2 Å². The fraction of sp³-hybridized carbons (Fsp3) is 0.500. The normalized spacial score (nSPS) is 19.4. The number of hydrogen-bond donors (Lipinski definition) is 1. The predicted octanol–water partition coefficient (Wildman–Crippen LogP) is 1.41. The summed E-state index contributed by atoms with van der Waals surface area (Å²) >= 11 is 0. The van der Waals surface area contributed by atoms with Crippen LogP contribution in [0, 0.1) is 12.8 Å². The van der Waals surface area contributed by atoms with Crippen molar-refractivity contribution in [3.05, 3.63) is 34.8 Å². The summed E-state index contributed by atoms with van der Waals surface area (Å²) in [7, 11) is -3.22. The number of aryl methyl sites for hydroxylation is 1. The van der Waals surface area contributed by atoms with Gasteiger partial charge < -0.3 is 5.32 Å². The molecular formula is C14H16F3N3O3S. The summed E-state index contributed by atoms with van der Waals surface area (Å²) < 4.78 is 60.5. The van der Waals surface area contributed by atoms with E-state index >= 15 is 0 Å². The summed E-state index contributed by atoms with van der Waals surface area (Å²) in [5.41, 5.74) is -0.822. The third-order valence-electron chi connectivity index (χ3n) is 3.31. The summed E-state index contributed by atoms with van der Waals surface area (Å²) in [6, 6.07) is 0.856. The van der Waals surface area contributed by atoms with Gasteiger partial charge in [-0.15, -0.1) is 0 Å². The topological polar surface area (TPSA) is 89.0 Å². The van der Waals surface area contributed by atoms with Crippen molar-refractivity contribution < 1.29 is 26.4 Å². The molecule has 0 fully saturated rings. The van der Waals surface area contributed by atoms with Crippen molar-refractivity contribution in [1.29, 1.82) is 0 Å². The van der Waals surface area contributed by atoms with Crippen LogP contribution in [0.4, 0.5) is 13.2 Å². The first-order valence-corrected chi connectivity index (χ1v) is 8.86. The molecule has 1 atom stereocenters. The van der Waals surface area contributed by atoms with Crippen LogP contribution in [0.3, 0.4) is 0 Å². The number of carbonyl (C=O) groups excluding carboxylic acids is 1. The maximum atomic E-state index is 12.7. The lowest BCUT2D eigenvalue weighted by molar-refractivity contribution is -0.141. The molecule has 0 saturated carbocycles. The van der Waals surface area contributed by atoms with E-state index in [1.165, 1.54) is 13.0 Å². The van der Waals surface area contributed by atoms with Gasteiger partial charge >= 0.3 is 6.18 Å². The van der Waals surface area contributed by atoms with Crippen LogP contribution in [0.25, 0.3) is 0 Å². The fourth-order valence-electron chi connectivity index (χ4n) is 2.28. The number of amides is 1. The number of allylic oxidation sites excluding steroid dienone is 1. The van der Waals surface area contributed by atoms with E-state index in [1.54, 1.807) is 0 Å². The van der Waals surface area contributed by atoms with E-state index in [4.69, 9.17) is 0 Å². The lowest BCUT2D eigenvalue weighted by Gasteiger charge is -2.10. The quantitative estimate of drug-likeness (QED) is 0.854. The first-order chi connectivity index (χ1) is 11.0. The highest BCUT2D eigenvalue weighted by Crippen LogP contribution is 2.27. The van der Waals surface area contributed by atoms with E-state index in [-0.39, 0.29) is 48.5 Å². The second-order valence-corrected chi connectivity index (χ2v) is 7.46. The second kappa shape index (κ2) is 6.88. The van der Waals surface area contributed by atoms with Gasteiger partial charge in [0.15, 0.2) is 9.84 Å². The van der Waals surface area contributed by atoms with Crippen molar-refractivity contribution >= 4 is 15.7 Å². The molecule has 1 aliphatic rings. The third kappa shape index (κ3) is 5.29. The molecule has 24 heavy (non-hydrogen) atoms. The molecule has 6 nitrogen and oxygen atoms in total. The monoisotopic (exact) mass is 363 g/mol. The molecule has 1 aromatic rings. The Morgan fingerprint density at radius 3 is 2.67 bits per heavy atom. The zero-order valence-corrected chi connectivity index (χ0v) is 13.6. The average Bonchev–Trinajstić information content (AvgIpc) is 2.76. The molecule has 0 aromatic carbocycles. The molecule has 0 bridgehead atoms. The molecule has 2 heterocycles. The lowest BCUT2D eigenvalue weighted by Crippen LogP contribution is -2.28. The molecule has 0 unspecified atom stereocenters. The van der Waals surface area contributed by atoms with Crippen LogP contribution in [0.5, 0.6) is 0 Å². The minimum atomic E-state index is -4.55. The van der Waals surface area contributed by atoms with E-state index in [2.05, 4.69) is 15.3 Å². The SMILES string of the molecule is Cc1cc(C(F)(F)F)nc(CCNC(=O)C[C@@H]2C=CS(=O)(=O)C2)n1. The molecule has 0 radical (unpaired) electrons. The van der Waals surface area contributed by atoms with Gasteiger partial charge in [-0.05, 0) is 13.0 Å². The molecule has 1 amide bonds. The summed E-state index contributed by atoms with van der Waals surface area (Å²) in [6.07, 6.45) is -3.02. The van der Waals surface area contributed by atoms with Gasteiger partial charge in [0.25, 0.3) is 0 Å². The van der Waals surface area contributed by atoms with Gasteiger partial charge in [-0.1, -0.05) is 6.08 Å². The van der Waals surface area contributed by atoms with Gasteiger partial charge in [0.05, 0.1) is 5.75 Å². The van der Waals surface area contributed by atoms with Crippen LogP contribution in [-0.4, -0.2) is 36.6 Å². The van der Waals surface area contributed by atoms with E-state index < -0.39 is 21.7 Å². The molecule has 0 saturated heterocycles. The summed E-state index contributed by atoms with van der Waals surface area (Å²) in [6.45, 7) is 1.51. The Kier molecular flexibility index (Phi) is 5.26. The van der Waals surface area contributed by atoms with Crippen molar-refractivity contribution in [3.63, 3.8) is 0 Å². The van der Waals surface area contributed by atoms with Crippen molar-refractivity contribution in [2.24, 2.45) is 5.92 Å². The van der Waals surface area contributed by atoms with Gasteiger partial charge in [0.2, 0.25) is 5.91 Å². The van der Waals surface area contributed by atoms with Crippen molar-refractivity contribution in [1.82, 2.24) is 15.3 Å². The number of nitrogens with one attached hydrogen (secondary N) is 1. The van der Waals surface area contributed by atoms with Crippen molar-refractivity contribution in [2.45, 2.75) is 25.9 Å². The Morgan fingerprint density at radius 1 is 1.38 bits per heavy atom. The molecule has 1 N–H and O–H groups in total. The smallest absolute Gasteiger partial charge is 0.356 e. The maximum Gasteiger partial charge on any atom is 0.433 e. The highest BCUT2D eigenvalue weighted by molar-refractivity contribution is 7.94. The standard InChI is InChI=1S/C14H16F3N3O3S/c1-9-6-11(14(15,16)17)20-12(19-9)2-4-18-13(21)7-10-3-5-24(22,23)8-10/h3,5-6,10H,2,4,7-8H2,1H3,(H,18,21)/t10-/m0/s1. The third-order valence-corrected chi connectivity index (χ3v) is 4.78. The number of nitrogens with zero attached hydrogens (tertiary/aromatic N) is 2. The lowest BCUT2D eigenvalue weighted by atomic mass is 10.1. The Labute approximate surface area is 137 Å². The highest BCUT2D eigenvalue weighted by atomic mass is 32.2. The Hall–Kier alpha value is -1.97. The highest BCUT2D eigenvalue weighted by Gasteiger charge is 2.33. The number of sulfone groups is 1. The zero-order chi connectivity index (χ0) is 18.0. The van der Waals surface area contributed by atoms with E-state index in [0.29, 0.717) is 0 Å². The zero-order valence-electron chi connectivity index (χ0n) is 12.8. The molecule has 10 heteroatoms.